The van der Waals surface area contributed by atoms with Gasteiger partial charge in [-0.3, -0.25) is 9.59 Å². The van der Waals surface area contributed by atoms with Crippen molar-refractivity contribution in [1.82, 2.24) is 5.32 Å². The standard InChI is InChI=1S/C31H28ClN3O2/c32-26-12-10-24(11-13-26)30(36)34-27-14-15-29(35-19-17-23-8-4-5-9-25(23)21-35)28(20-27)31(37)33-18-16-22-6-2-1-3-7-22/h1-15,20H,16-19,21H2,(H,33,37)(H,34,36). The maximum absolute atomic E-state index is 13.4. The number of halogens is 1. The number of amides is 2. The van der Waals surface area contributed by atoms with E-state index in [9.17, 15) is 9.59 Å². The Morgan fingerprint density at radius 3 is 2.32 bits per heavy atom. The molecule has 37 heavy (non-hydrogen) atoms. The molecule has 0 spiro atoms. The monoisotopic (exact) mass is 509 g/mol. The Kier molecular flexibility index (Phi) is 7.52. The molecule has 1 aliphatic rings. The molecule has 0 bridgehead atoms. The molecule has 0 atom stereocenters. The van der Waals surface area contributed by atoms with Gasteiger partial charge in [0.2, 0.25) is 0 Å². The fourth-order valence-electron chi connectivity index (χ4n) is 4.64. The highest BCUT2D eigenvalue weighted by atomic mass is 35.5. The number of hydrogen-bond donors (Lipinski definition) is 2. The molecule has 0 unspecified atom stereocenters. The van der Waals surface area contributed by atoms with Crippen molar-refractivity contribution >= 4 is 34.8 Å². The second kappa shape index (κ2) is 11.3. The van der Waals surface area contributed by atoms with Crippen LogP contribution in [0.2, 0.25) is 5.02 Å². The average molecular weight is 510 g/mol. The van der Waals surface area contributed by atoms with Crippen LogP contribution in [-0.2, 0) is 19.4 Å². The zero-order valence-corrected chi connectivity index (χ0v) is 21.2. The molecule has 1 aliphatic heterocycles. The topological polar surface area (TPSA) is 61.4 Å². The van der Waals surface area contributed by atoms with Crippen molar-refractivity contribution in [3.8, 4) is 0 Å². The summed E-state index contributed by atoms with van der Waals surface area (Å²) < 4.78 is 0. The molecule has 5 nitrogen and oxygen atoms in total. The van der Waals surface area contributed by atoms with Gasteiger partial charge in [-0.2, -0.15) is 0 Å². The van der Waals surface area contributed by atoms with Gasteiger partial charge in [-0.25, -0.2) is 0 Å². The lowest BCUT2D eigenvalue weighted by molar-refractivity contribution is 0.0953. The van der Waals surface area contributed by atoms with E-state index in [1.54, 1.807) is 30.3 Å². The number of fused-ring (bicyclic) bond motifs is 1. The molecule has 1 heterocycles. The molecule has 0 aliphatic carbocycles. The Balaban J connectivity index is 1.38. The summed E-state index contributed by atoms with van der Waals surface area (Å²) in [7, 11) is 0. The zero-order chi connectivity index (χ0) is 25.6. The number of nitrogens with one attached hydrogen (secondary N) is 2. The molecule has 2 amide bonds. The van der Waals surface area contributed by atoms with Gasteiger partial charge in [0.05, 0.1) is 5.56 Å². The molecule has 0 fully saturated rings. The third-order valence-corrected chi connectivity index (χ3v) is 6.87. The SMILES string of the molecule is O=C(Nc1ccc(N2CCc3ccccc3C2)c(C(=O)NCCc2ccccc2)c1)c1ccc(Cl)cc1. The molecular weight excluding hydrogens is 482 g/mol. The summed E-state index contributed by atoms with van der Waals surface area (Å²) in [5, 5.41) is 6.56. The van der Waals surface area contributed by atoms with Crippen LogP contribution in [0, 0.1) is 0 Å². The predicted octanol–water partition coefficient (Wildman–Crippen LogP) is 6.13. The van der Waals surface area contributed by atoms with E-state index in [2.05, 4.69) is 51.9 Å². The number of carbonyl (C=O) groups is 2. The fraction of sp³-hybridized carbons (Fsp3) is 0.161. The summed E-state index contributed by atoms with van der Waals surface area (Å²) in [6, 6.07) is 30.8. The normalized spacial score (nSPS) is 12.5. The summed E-state index contributed by atoms with van der Waals surface area (Å²) in [6.07, 6.45) is 1.66. The molecule has 4 aromatic carbocycles. The second-order valence-corrected chi connectivity index (χ2v) is 9.56. The Morgan fingerprint density at radius 1 is 0.811 bits per heavy atom. The van der Waals surface area contributed by atoms with Crippen LogP contribution in [0.3, 0.4) is 0 Å². The molecule has 4 aromatic rings. The Labute approximate surface area is 222 Å². The first-order valence-corrected chi connectivity index (χ1v) is 12.8. The number of rotatable bonds is 7. The molecule has 0 saturated carbocycles. The van der Waals surface area contributed by atoms with Gasteiger partial charge in [-0.1, -0.05) is 66.2 Å². The highest BCUT2D eigenvalue weighted by molar-refractivity contribution is 6.30. The van der Waals surface area contributed by atoms with Crippen molar-refractivity contribution in [2.45, 2.75) is 19.4 Å². The molecule has 5 rings (SSSR count). The van der Waals surface area contributed by atoms with Gasteiger partial charge >= 0.3 is 0 Å². The lowest BCUT2D eigenvalue weighted by Gasteiger charge is -2.32. The van der Waals surface area contributed by atoms with Gasteiger partial charge < -0.3 is 15.5 Å². The summed E-state index contributed by atoms with van der Waals surface area (Å²) >= 11 is 5.95. The fourth-order valence-corrected chi connectivity index (χ4v) is 4.76. The van der Waals surface area contributed by atoms with Crippen LogP contribution in [0.5, 0.6) is 0 Å². The van der Waals surface area contributed by atoms with Gasteiger partial charge in [0.15, 0.2) is 0 Å². The lowest BCUT2D eigenvalue weighted by Crippen LogP contribution is -2.33. The van der Waals surface area contributed by atoms with Gasteiger partial charge in [0.25, 0.3) is 11.8 Å². The molecule has 0 aromatic heterocycles. The number of anilines is 2. The van der Waals surface area contributed by atoms with Crippen molar-refractivity contribution in [3.05, 3.63) is 130 Å². The second-order valence-electron chi connectivity index (χ2n) is 9.12. The molecule has 0 saturated heterocycles. The van der Waals surface area contributed by atoms with Crippen LogP contribution in [-0.4, -0.2) is 24.9 Å². The first kappa shape index (κ1) is 24.6. The van der Waals surface area contributed by atoms with Crippen LogP contribution < -0.4 is 15.5 Å². The minimum absolute atomic E-state index is 0.160. The maximum Gasteiger partial charge on any atom is 0.255 e. The summed E-state index contributed by atoms with van der Waals surface area (Å²) in [5.74, 6) is -0.417. The van der Waals surface area contributed by atoms with Crippen LogP contribution >= 0.6 is 11.6 Å². The van der Waals surface area contributed by atoms with E-state index < -0.39 is 0 Å². The van der Waals surface area contributed by atoms with Crippen LogP contribution in [0.15, 0.2) is 97.1 Å². The number of nitrogens with zero attached hydrogens (tertiary/aromatic N) is 1. The Hall–Kier alpha value is -4.09. The van der Waals surface area contributed by atoms with E-state index >= 15 is 0 Å². The molecule has 0 radical (unpaired) electrons. The van der Waals surface area contributed by atoms with Crippen LogP contribution in [0.25, 0.3) is 0 Å². The van der Waals surface area contributed by atoms with Gasteiger partial charge in [-0.05, 0) is 72.0 Å². The summed E-state index contributed by atoms with van der Waals surface area (Å²) in [4.78, 5) is 28.5. The third-order valence-electron chi connectivity index (χ3n) is 6.62. The largest absolute Gasteiger partial charge is 0.366 e. The van der Waals surface area contributed by atoms with E-state index in [1.807, 2.05) is 30.3 Å². The quantitative estimate of drug-likeness (QED) is 0.315. The zero-order valence-electron chi connectivity index (χ0n) is 20.4. The minimum Gasteiger partial charge on any atom is -0.366 e. The molecule has 2 N–H and O–H groups in total. The highest BCUT2D eigenvalue weighted by Crippen LogP contribution is 2.30. The smallest absolute Gasteiger partial charge is 0.255 e. The van der Waals surface area contributed by atoms with Gasteiger partial charge in [0, 0.05) is 41.6 Å². The van der Waals surface area contributed by atoms with Crippen LogP contribution in [0.1, 0.15) is 37.4 Å². The number of hydrogen-bond acceptors (Lipinski definition) is 3. The van der Waals surface area contributed by atoms with Crippen LogP contribution in [0.4, 0.5) is 11.4 Å². The van der Waals surface area contributed by atoms with Crippen molar-refractivity contribution < 1.29 is 9.59 Å². The van der Waals surface area contributed by atoms with Gasteiger partial charge in [-0.15, -0.1) is 0 Å². The summed E-state index contributed by atoms with van der Waals surface area (Å²) in [6.45, 7) is 2.07. The first-order valence-electron chi connectivity index (χ1n) is 12.4. The molecular formula is C31H28ClN3O2. The highest BCUT2D eigenvalue weighted by Gasteiger charge is 2.22. The van der Waals surface area contributed by atoms with Crippen molar-refractivity contribution in [1.29, 1.82) is 0 Å². The van der Waals surface area contributed by atoms with Crippen molar-refractivity contribution in [2.75, 3.05) is 23.3 Å². The Bertz CT molecular complexity index is 1400. The van der Waals surface area contributed by atoms with Gasteiger partial charge in [0.1, 0.15) is 0 Å². The van der Waals surface area contributed by atoms with E-state index in [0.717, 1.165) is 31.6 Å². The third kappa shape index (κ3) is 6.01. The predicted molar refractivity (Wildman–Crippen MR) is 150 cm³/mol. The first-order chi connectivity index (χ1) is 18.1. The average Bonchev–Trinajstić information content (AvgIpc) is 2.93. The van der Waals surface area contributed by atoms with E-state index in [0.29, 0.717) is 28.4 Å². The number of carbonyl (C=O) groups excluding carboxylic acids is 2. The Morgan fingerprint density at radius 2 is 1.54 bits per heavy atom. The molecule has 6 heteroatoms. The lowest BCUT2D eigenvalue weighted by atomic mass is 9.98. The van der Waals surface area contributed by atoms with E-state index in [4.69, 9.17) is 11.6 Å². The van der Waals surface area contributed by atoms with Crippen molar-refractivity contribution in [2.24, 2.45) is 0 Å². The van der Waals surface area contributed by atoms with E-state index in [1.165, 1.54) is 16.7 Å². The van der Waals surface area contributed by atoms with Crippen molar-refractivity contribution in [3.63, 3.8) is 0 Å². The summed E-state index contributed by atoms with van der Waals surface area (Å²) in [5.41, 5.74) is 6.24. The number of benzene rings is 4. The molecule has 186 valence electrons. The minimum atomic E-state index is -0.258. The maximum atomic E-state index is 13.4. The van der Waals surface area contributed by atoms with E-state index in [-0.39, 0.29) is 11.8 Å².